The van der Waals surface area contributed by atoms with Crippen LogP contribution in [0.1, 0.15) is 32.3 Å². The third kappa shape index (κ3) is 3.84. The normalized spacial score (nSPS) is 11.4. The van der Waals surface area contributed by atoms with Crippen LogP contribution in [-0.2, 0) is 6.18 Å². The highest BCUT2D eigenvalue weighted by molar-refractivity contribution is 5.85. The van der Waals surface area contributed by atoms with Gasteiger partial charge in [-0.05, 0) is 12.8 Å². The SMILES string of the molecule is CCCN(CCC)c1c(C(F)(F)F)cc([N+](=O)[O-])c(N)c1[N+](=O)[O-]. The van der Waals surface area contributed by atoms with Gasteiger partial charge in [0.15, 0.2) is 5.69 Å². The van der Waals surface area contributed by atoms with E-state index in [0.29, 0.717) is 12.8 Å². The highest BCUT2D eigenvalue weighted by atomic mass is 19.4. The van der Waals surface area contributed by atoms with Crippen LogP contribution in [-0.4, -0.2) is 22.9 Å². The highest BCUT2D eigenvalue weighted by Crippen LogP contribution is 2.48. The lowest BCUT2D eigenvalue weighted by atomic mass is 10.1. The van der Waals surface area contributed by atoms with E-state index in [4.69, 9.17) is 5.73 Å². The largest absolute Gasteiger partial charge is 0.418 e. The molecule has 0 amide bonds. The second-order valence-corrected chi connectivity index (χ2v) is 5.05. The third-order valence-electron chi connectivity index (χ3n) is 3.28. The maximum atomic E-state index is 13.4. The summed E-state index contributed by atoms with van der Waals surface area (Å²) in [5.41, 5.74) is 0.192. The molecule has 0 fully saturated rings. The van der Waals surface area contributed by atoms with Gasteiger partial charge in [-0.1, -0.05) is 13.8 Å². The van der Waals surface area contributed by atoms with E-state index in [1.165, 1.54) is 4.90 Å². The van der Waals surface area contributed by atoms with Gasteiger partial charge in [0, 0.05) is 19.2 Å². The van der Waals surface area contributed by atoms with Gasteiger partial charge in [0.25, 0.3) is 5.69 Å². The minimum absolute atomic E-state index is 0.120. The van der Waals surface area contributed by atoms with Crippen LogP contribution < -0.4 is 10.6 Å². The molecule has 24 heavy (non-hydrogen) atoms. The third-order valence-corrected chi connectivity index (χ3v) is 3.28. The first-order valence-corrected chi connectivity index (χ1v) is 7.13. The Labute approximate surface area is 135 Å². The molecule has 0 spiro atoms. The molecule has 0 unspecified atom stereocenters. The van der Waals surface area contributed by atoms with Crippen LogP contribution in [0.2, 0.25) is 0 Å². The van der Waals surface area contributed by atoms with Gasteiger partial charge in [-0.15, -0.1) is 0 Å². The molecule has 1 aromatic carbocycles. The van der Waals surface area contributed by atoms with Crippen molar-refractivity contribution in [2.75, 3.05) is 23.7 Å². The minimum atomic E-state index is -5.00. The average molecular weight is 350 g/mol. The first-order chi connectivity index (χ1) is 11.1. The molecule has 0 atom stereocenters. The zero-order valence-electron chi connectivity index (χ0n) is 13.1. The van der Waals surface area contributed by atoms with Crippen LogP contribution in [0.3, 0.4) is 0 Å². The van der Waals surface area contributed by atoms with E-state index in [1.54, 1.807) is 13.8 Å². The van der Waals surface area contributed by atoms with Gasteiger partial charge in [0.1, 0.15) is 5.69 Å². The molecule has 0 aliphatic rings. The Balaban J connectivity index is 3.90. The van der Waals surface area contributed by atoms with Gasteiger partial charge in [0.05, 0.1) is 15.4 Å². The van der Waals surface area contributed by atoms with E-state index in [2.05, 4.69) is 0 Å². The number of rotatable bonds is 7. The summed E-state index contributed by atoms with van der Waals surface area (Å²) in [4.78, 5) is 21.2. The van der Waals surface area contributed by atoms with E-state index < -0.39 is 44.3 Å². The van der Waals surface area contributed by atoms with Crippen LogP contribution in [0.25, 0.3) is 0 Å². The van der Waals surface area contributed by atoms with Crippen molar-refractivity contribution in [3.8, 4) is 0 Å². The fraction of sp³-hybridized carbons (Fsp3) is 0.538. The van der Waals surface area contributed by atoms with Crippen LogP contribution in [0.4, 0.5) is 35.9 Å². The molecule has 11 heteroatoms. The number of alkyl halides is 3. The van der Waals surface area contributed by atoms with Crippen molar-refractivity contribution in [1.29, 1.82) is 0 Å². The summed E-state index contributed by atoms with van der Waals surface area (Å²) < 4.78 is 40.2. The Morgan fingerprint density at radius 1 is 1.12 bits per heavy atom. The van der Waals surface area contributed by atoms with Gasteiger partial charge < -0.3 is 10.6 Å². The lowest BCUT2D eigenvalue weighted by Crippen LogP contribution is -2.29. The number of halogens is 3. The van der Waals surface area contributed by atoms with Gasteiger partial charge in [0.2, 0.25) is 0 Å². The number of nitro groups is 2. The predicted octanol–water partition coefficient (Wildman–Crippen LogP) is 3.73. The maximum Gasteiger partial charge on any atom is 0.418 e. The van der Waals surface area contributed by atoms with Gasteiger partial charge in [-0.3, -0.25) is 20.2 Å². The van der Waals surface area contributed by atoms with Crippen LogP contribution in [0.5, 0.6) is 0 Å². The van der Waals surface area contributed by atoms with Crippen LogP contribution in [0, 0.1) is 20.2 Å². The summed E-state index contributed by atoms with van der Waals surface area (Å²) in [6.45, 7) is 3.65. The van der Waals surface area contributed by atoms with Gasteiger partial charge in [-0.25, -0.2) is 0 Å². The molecule has 8 nitrogen and oxygen atoms in total. The summed E-state index contributed by atoms with van der Waals surface area (Å²) in [5.74, 6) is 0. The van der Waals surface area contributed by atoms with E-state index in [0.717, 1.165) is 0 Å². The standard InChI is InChI=1S/C13H17F3N4O4/c1-3-5-18(6-4-2)11-8(13(14,15)16)7-9(19(21)22)10(17)12(11)20(23)24/h7H,3-6,17H2,1-2H3. The Morgan fingerprint density at radius 3 is 1.96 bits per heavy atom. The summed E-state index contributed by atoms with van der Waals surface area (Å²) in [5, 5.41) is 22.2. The molecule has 0 radical (unpaired) electrons. The zero-order chi connectivity index (χ0) is 18.7. The lowest BCUT2D eigenvalue weighted by molar-refractivity contribution is -0.392. The number of nitrogen functional groups attached to an aromatic ring is 1. The van der Waals surface area contributed by atoms with Crippen molar-refractivity contribution in [3.05, 3.63) is 31.9 Å². The summed E-state index contributed by atoms with van der Waals surface area (Å²) in [6.07, 6.45) is -4.13. The average Bonchev–Trinajstić information content (AvgIpc) is 2.44. The molecule has 1 rings (SSSR count). The fourth-order valence-corrected chi connectivity index (χ4v) is 2.41. The Hall–Kier alpha value is -2.59. The monoisotopic (exact) mass is 350 g/mol. The number of hydrogen-bond donors (Lipinski definition) is 1. The Morgan fingerprint density at radius 2 is 1.62 bits per heavy atom. The number of benzene rings is 1. The maximum absolute atomic E-state index is 13.4. The number of nitro benzene ring substituents is 2. The van der Waals surface area contributed by atoms with Crippen LogP contribution in [0.15, 0.2) is 6.07 Å². The molecule has 0 saturated heterocycles. The predicted molar refractivity (Wildman–Crippen MR) is 82.0 cm³/mol. The van der Waals surface area contributed by atoms with E-state index in [9.17, 15) is 33.4 Å². The van der Waals surface area contributed by atoms with Gasteiger partial charge >= 0.3 is 11.9 Å². The molecule has 0 aromatic heterocycles. The van der Waals surface area contributed by atoms with E-state index in [1.807, 2.05) is 0 Å². The van der Waals surface area contributed by atoms with E-state index >= 15 is 0 Å². The Kier molecular flexibility index (Phi) is 5.93. The summed E-state index contributed by atoms with van der Waals surface area (Å²) in [6, 6.07) is 0.260. The topological polar surface area (TPSA) is 116 Å². The highest BCUT2D eigenvalue weighted by Gasteiger charge is 2.43. The van der Waals surface area contributed by atoms with Crippen LogP contribution >= 0.6 is 0 Å². The molecule has 0 aliphatic carbocycles. The van der Waals surface area contributed by atoms with Crippen molar-refractivity contribution in [2.24, 2.45) is 0 Å². The molecule has 134 valence electrons. The molecular formula is C13H17F3N4O4. The lowest BCUT2D eigenvalue weighted by Gasteiger charge is -2.27. The number of anilines is 2. The van der Waals surface area contributed by atoms with Gasteiger partial charge in [-0.2, -0.15) is 13.2 Å². The summed E-state index contributed by atoms with van der Waals surface area (Å²) in [7, 11) is 0. The molecule has 0 heterocycles. The molecular weight excluding hydrogens is 333 g/mol. The number of hydrogen-bond acceptors (Lipinski definition) is 6. The van der Waals surface area contributed by atoms with Crippen molar-refractivity contribution < 1.29 is 23.0 Å². The molecule has 1 aromatic rings. The second kappa shape index (κ2) is 7.32. The zero-order valence-corrected chi connectivity index (χ0v) is 13.1. The number of nitrogens with zero attached hydrogens (tertiary/aromatic N) is 3. The summed E-state index contributed by atoms with van der Waals surface area (Å²) >= 11 is 0. The first kappa shape index (κ1) is 19.5. The Bertz CT molecular complexity index is 643. The first-order valence-electron chi connectivity index (χ1n) is 7.13. The number of nitrogens with two attached hydrogens (primary N) is 1. The van der Waals surface area contributed by atoms with E-state index in [-0.39, 0.29) is 19.2 Å². The molecule has 0 saturated carbocycles. The van der Waals surface area contributed by atoms with Crippen molar-refractivity contribution in [3.63, 3.8) is 0 Å². The van der Waals surface area contributed by atoms with Crippen molar-refractivity contribution in [1.82, 2.24) is 0 Å². The minimum Gasteiger partial charge on any atom is -0.387 e. The smallest absolute Gasteiger partial charge is 0.387 e. The second-order valence-electron chi connectivity index (χ2n) is 5.05. The quantitative estimate of drug-likeness (QED) is 0.455. The molecule has 2 N–H and O–H groups in total. The fourth-order valence-electron chi connectivity index (χ4n) is 2.41. The molecule has 0 bridgehead atoms. The molecule has 0 aliphatic heterocycles. The van der Waals surface area contributed by atoms with Crippen molar-refractivity contribution >= 4 is 22.7 Å². The van der Waals surface area contributed by atoms with Crippen molar-refractivity contribution in [2.45, 2.75) is 32.9 Å².